The monoisotopic (exact) mass is 299 g/mol. The molecule has 1 aliphatic rings. The van der Waals surface area contributed by atoms with Crippen molar-refractivity contribution in [1.29, 1.82) is 0 Å². The van der Waals surface area contributed by atoms with E-state index in [1.807, 2.05) is 0 Å². The molecule has 21 heavy (non-hydrogen) atoms. The smallest absolute Gasteiger partial charge is 0.336 e. The number of hydrogen-bond donors (Lipinski definition) is 0. The number of esters is 1. The lowest BCUT2D eigenvalue weighted by Crippen LogP contribution is -2.49. The Hall–Kier alpha value is -2.02. The van der Waals surface area contributed by atoms with Crippen LogP contribution in [0.2, 0.25) is 0 Å². The van der Waals surface area contributed by atoms with Gasteiger partial charge in [0.05, 0.1) is 26.7 Å². The molecule has 0 radical (unpaired) electrons. The molecule has 1 heterocycles. The van der Waals surface area contributed by atoms with E-state index in [0.29, 0.717) is 0 Å². The number of halogens is 2. The molecule has 0 aliphatic carbocycles. The summed E-state index contributed by atoms with van der Waals surface area (Å²) in [4.78, 5) is 24.9. The van der Waals surface area contributed by atoms with Gasteiger partial charge in [-0.3, -0.25) is 4.79 Å². The molecular weight excluding hydrogens is 284 g/mol. The van der Waals surface area contributed by atoms with Crippen LogP contribution in [0.25, 0.3) is 0 Å². The molecule has 114 valence electrons. The van der Waals surface area contributed by atoms with Crippen molar-refractivity contribution in [3.63, 3.8) is 0 Å². The van der Waals surface area contributed by atoms with Gasteiger partial charge in [0.15, 0.2) is 6.10 Å². The minimum absolute atomic E-state index is 0.0155. The third kappa shape index (κ3) is 3.55. The van der Waals surface area contributed by atoms with Crippen LogP contribution in [0.1, 0.15) is 5.56 Å². The molecule has 2 rings (SSSR count). The Labute approximate surface area is 120 Å². The number of carbonyl (C=O) groups excluding carboxylic acids is 2. The van der Waals surface area contributed by atoms with Gasteiger partial charge in [0, 0.05) is 12.1 Å². The summed E-state index contributed by atoms with van der Waals surface area (Å²) in [6.45, 7) is 0.454. The number of carbonyl (C=O) groups is 2. The molecular formula is C14H15F2NO4. The minimum Gasteiger partial charge on any atom is -0.467 e. The molecule has 1 fully saturated rings. The summed E-state index contributed by atoms with van der Waals surface area (Å²) < 4.78 is 36.8. The Morgan fingerprint density at radius 1 is 1.38 bits per heavy atom. The molecule has 7 heteroatoms. The fourth-order valence-electron chi connectivity index (χ4n) is 2.11. The van der Waals surface area contributed by atoms with E-state index in [0.717, 1.165) is 12.1 Å². The summed E-state index contributed by atoms with van der Waals surface area (Å²) in [6.07, 6.45) is -1.26. The zero-order chi connectivity index (χ0) is 15.4. The van der Waals surface area contributed by atoms with Crippen molar-refractivity contribution >= 4 is 11.9 Å². The quantitative estimate of drug-likeness (QED) is 0.779. The Morgan fingerprint density at radius 3 is 2.67 bits per heavy atom. The molecule has 1 unspecified atom stereocenters. The molecule has 0 N–H and O–H groups in total. The molecule has 0 saturated carbocycles. The number of morpholine rings is 1. The molecule has 0 bridgehead atoms. The molecule has 1 aromatic rings. The highest BCUT2D eigenvalue weighted by atomic mass is 19.1. The highest BCUT2D eigenvalue weighted by Gasteiger charge is 2.30. The van der Waals surface area contributed by atoms with Crippen molar-refractivity contribution in [1.82, 2.24) is 4.90 Å². The highest BCUT2D eigenvalue weighted by Crippen LogP contribution is 2.15. The van der Waals surface area contributed by atoms with E-state index >= 15 is 0 Å². The van der Waals surface area contributed by atoms with Crippen LogP contribution < -0.4 is 0 Å². The Bertz CT molecular complexity index is 530. The lowest BCUT2D eigenvalue weighted by molar-refractivity contribution is -0.162. The average Bonchev–Trinajstić information content (AvgIpc) is 2.50. The Morgan fingerprint density at radius 2 is 2.05 bits per heavy atom. The second kappa shape index (κ2) is 6.62. The van der Waals surface area contributed by atoms with Crippen molar-refractivity contribution < 1.29 is 27.8 Å². The van der Waals surface area contributed by atoms with Crippen molar-refractivity contribution in [2.75, 3.05) is 26.8 Å². The van der Waals surface area contributed by atoms with Gasteiger partial charge < -0.3 is 14.4 Å². The van der Waals surface area contributed by atoms with Crippen LogP contribution in [0, 0.1) is 11.6 Å². The number of benzene rings is 1. The van der Waals surface area contributed by atoms with Gasteiger partial charge in [0.2, 0.25) is 5.91 Å². The molecule has 1 aliphatic heterocycles. The second-order valence-corrected chi connectivity index (χ2v) is 4.60. The van der Waals surface area contributed by atoms with Gasteiger partial charge >= 0.3 is 5.97 Å². The van der Waals surface area contributed by atoms with E-state index < -0.39 is 36.0 Å². The lowest BCUT2D eigenvalue weighted by Gasteiger charge is -2.31. The first-order valence-corrected chi connectivity index (χ1v) is 6.43. The van der Waals surface area contributed by atoms with Crippen molar-refractivity contribution in [2.24, 2.45) is 0 Å². The van der Waals surface area contributed by atoms with Gasteiger partial charge in [-0.15, -0.1) is 0 Å². The summed E-state index contributed by atoms with van der Waals surface area (Å²) in [5.41, 5.74) is -0.274. The van der Waals surface area contributed by atoms with Gasteiger partial charge in [-0.2, -0.15) is 0 Å². The number of ether oxygens (including phenoxy) is 2. The van der Waals surface area contributed by atoms with E-state index in [2.05, 4.69) is 4.74 Å². The van der Waals surface area contributed by atoms with Gasteiger partial charge in [0.25, 0.3) is 0 Å². The maximum absolute atomic E-state index is 13.5. The number of amides is 1. The third-order valence-electron chi connectivity index (χ3n) is 3.27. The Balaban J connectivity index is 2.05. The average molecular weight is 299 g/mol. The van der Waals surface area contributed by atoms with E-state index in [9.17, 15) is 18.4 Å². The first kappa shape index (κ1) is 15.4. The number of hydrogen-bond acceptors (Lipinski definition) is 4. The van der Waals surface area contributed by atoms with E-state index in [4.69, 9.17) is 4.74 Å². The highest BCUT2D eigenvalue weighted by molar-refractivity contribution is 5.81. The van der Waals surface area contributed by atoms with Crippen LogP contribution in [0.15, 0.2) is 18.2 Å². The van der Waals surface area contributed by atoms with Crippen LogP contribution >= 0.6 is 0 Å². The summed E-state index contributed by atoms with van der Waals surface area (Å²) in [5.74, 6) is -2.57. The normalized spacial score (nSPS) is 18.4. The fourth-order valence-corrected chi connectivity index (χ4v) is 2.11. The molecule has 1 saturated heterocycles. The summed E-state index contributed by atoms with van der Waals surface area (Å²) in [5, 5.41) is 0. The molecule has 1 aromatic carbocycles. The predicted molar refractivity (Wildman–Crippen MR) is 68.4 cm³/mol. The van der Waals surface area contributed by atoms with Crippen LogP contribution in [-0.2, 0) is 25.5 Å². The van der Waals surface area contributed by atoms with Crippen LogP contribution in [0.5, 0.6) is 0 Å². The summed E-state index contributed by atoms with van der Waals surface area (Å²) >= 11 is 0. The first-order valence-electron chi connectivity index (χ1n) is 6.43. The molecule has 1 amide bonds. The first-order chi connectivity index (χ1) is 10.0. The van der Waals surface area contributed by atoms with Crippen molar-refractivity contribution in [2.45, 2.75) is 12.5 Å². The van der Waals surface area contributed by atoms with Crippen LogP contribution in [0.3, 0.4) is 0 Å². The maximum Gasteiger partial charge on any atom is 0.336 e. The van der Waals surface area contributed by atoms with Crippen LogP contribution in [0.4, 0.5) is 8.78 Å². The van der Waals surface area contributed by atoms with Gasteiger partial charge in [-0.25, -0.2) is 13.6 Å². The van der Waals surface area contributed by atoms with Gasteiger partial charge in [-0.05, 0) is 12.1 Å². The lowest BCUT2D eigenvalue weighted by atomic mass is 10.1. The fraction of sp³-hybridized carbons (Fsp3) is 0.429. The molecule has 0 spiro atoms. The SMILES string of the molecule is COC(=O)C1CN(C(=O)Cc2c(F)cccc2F)CCO1. The molecule has 5 nitrogen and oxygen atoms in total. The van der Waals surface area contributed by atoms with Crippen LogP contribution in [-0.4, -0.2) is 49.7 Å². The zero-order valence-corrected chi connectivity index (χ0v) is 11.5. The number of methoxy groups -OCH3 is 1. The predicted octanol–water partition coefficient (Wildman–Crippen LogP) is 0.908. The van der Waals surface area contributed by atoms with Gasteiger partial charge in [-0.1, -0.05) is 6.07 Å². The maximum atomic E-state index is 13.5. The topological polar surface area (TPSA) is 55.8 Å². The minimum atomic E-state index is -0.863. The summed E-state index contributed by atoms with van der Waals surface area (Å²) in [6, 6.07) is 3.44. The van der Waals surface area contributed by atoms with Crippen molar-refractivity contribution in [3.05, 3.63) is 35.4 Å². The zero-order valence-electron chi connectivity index (χ0n) is 11.5. The largest absolute Gasteiger partial charge is 0.467 e. The van der Waals surface area contributed by atoms with Crippen molar-refractivity contribution in [3.8, 4) is 0 Å². The molecule has 1 atom stereocenters. The molecule has 0 aromatic heterocycles. The number of rotatable bonds is 3. The van der Waals surface area contributed by atoms with Gasteiger partial charge in [0.1, 0.15) is 11.6 Å². The summed E-state index contributed by atoms with van der Waals surface area (Å²) in [7, 11) is 1.22. The standard InChI is InChI=1S/C14H15F2NO4/c1-20-14(19)12-8-17(5-6-21-12)13(18)7-9-10(15)3-2-4-11(9)16/h2-4,12H,5-8H2,1H3. The third-order valence-corrected chi connectivity index (χ3v) is 3.27. The van der Waals surface area contributed by atoms with E-state index in [1.54, 1.807) is 0 Å². The second-order valence-electron chi connectivity index (χ2n) is 4.60. The van der Waals surface area contributed by atoms with E-state index in [-0.39, 0.29) is 25.3 Å². The Kier molecular flexibility index (Phi) is 4.85. The van der Waals surface area contributed by atoms with E-state index in [1.165, 1.54) is 18.1 Å². The number of nitrogens with zero attached hydrogens (tertiary/aromatic N) is 1.